The van der Waals surface area contributed by atoms with Gasteiger partial charge in [-0.3, -0.25) is 9.36 Å². The number of aromatic nitrogens is 3. The second-order valence-electron chi connectivity index (χ2n) is 5.31. The summed E-state index contributed by atoms with van der Waals surface area (Å²) >= 11 is 13.1. The molecular formula is C17H13Cl2FN4OS. The molecule has 1 aromatic heterocycles. The van der Waals surface area contributed by atoms with Crippen LogP contribution in [0.15, 0.2) is 53.9 Å². The molecule has 0 saturated carbocycles. The van der Waals surface area contributed by atoms with Crippen molar-refractivity contribution in [1.82, 2.24) is 14.8 Å². The Labute approximate surface area is 163 Å². The van der Waals surface area contributed by atoms with E-state index in [4.69, 9.17) is 23.2 Å². The minimum absolute atomic E-state index is 0.290. The lowest BCUT2D eigenvalue weighted by Crippen LogP contribution is -2.23. The predicted molar refractivity (Wildman–Crippen MR) is 102 cm³/mol. The van der Waals surface area contributed by atoms with Crippen molar-refractivity contribution >= 4 is 46.6 Å². The van der Waals surface area contributed by atoms with Gasteiger partial charge in [0.05, 0.1) is 21.6 Å². The highest BCUT2D eigenvalue weighted by Gasteiger charge is 2.20. The lowest BCUT2D eigenvalue weighted by molar-refractivity contribution is -0.115. The van der Waals surface area contributed by atoms with Crippen molar-refractivity contribution in [2.24, 2.45) is 0 Å². The molecule has 0 bridgehead atoms. The molecule has 1 heterocycles. The van der Waals surface area contributed by atoms with Crippen molar-refractivity contribution in [3.05, 3.63) is 64.7 Å². The van der Waals surface area contributed by atoms with Crippen molar-refractivity contribution in [2.75, 3.05) is 5.32 Å². The van der Waals surface area contributed by atoms with Crippen LogP contribution in [-0.2, 0) is 4.79 Å². The summed E-state index contributed by atoms with van der Waals surface area (Å²) in [5.74, 6) is -0.695. The standard InChI is InChI=1S/C17H13Cl2FN4OS/c1-10(16(25)22-14-8-11(18)6-7-12(14)19)26-17-23-21-9-24(17)15-5-3-2-4-13(15)20/h2-10H,1H3,(H,22,25). The Morgan fingerprint density at radius 3 is 2.81 bits per heavy atom. The van der Waals surface area contributed by atoms with Gasteiger partial charge < -0.3 is 5.32 Å². The smallest absolute Gasteiger partial charge is 0.237 e. The summed E-state index contributed by atoms with van der Waals surface area (Å²) in [7, 11) is 0. The van der Waals surface area contributed by atoms with E-state index in [1.54, 1.807) is 43.3 Å². The van der Waals surface area contributed by atoms with Crippen molar-refractivity contribution in [3.8, 4) is 5.69 Å². The fraction of sp³-hybridized carbons (Fsp3) is 0.118. The van der Waals surface area contributed by atoms with Crippen LogP contribution in [0, 0.1) is 5.82 Å². The first-order valence-corrected chi connectivity index (χ1v) is 9.17. The first kappa shape index (κ1) is 18.7. The van der Waals surface area contributed by atoms with E-state index in [0.29, 0.717) is 26.6 Å². The topological polar surface area (TPSA) is 59.8 Å². The summed E-state index contributed by atoms with van der Waals surface area (Å²) < 4.78 is 15.5. The van der Waals surface area contributed by atoms with E-state index in [9.17, 15) is 9.18 Å². The molecular weight excluding hydrogens is 398 g/mol. The number of hydrogen-bond donors (Lipinski definition) is 1. The molecule has 2 aromatic carbocycles. The fourth-order valence-electron chi connectivity index (χ4n) is 2.16. The molecule has 1 N–H and O–H groups in total. The van der Waals surface area contributed by atoms with Gasteiger partial charge in [0.15, 0.2) is 5.16 Å². The van der Waals surface area contributed by atoms with Gasteiger partial charge in [-0.2, -0.15) is 0 Å². The number of thioether (sulfide) groups is 1. The van der Waals surface area contributed by atoms with Gasteiger partial charge in [-0.25, -0.2) is 4.39 Å². The summed E-state index contributed by atoms with van der Waals surface area (Å²) in [5, 5.41) is 11.2. The Morgan fingerprint density at radius 2 is 2.04 bits per heavy atom. The van der Waals surface area contributed by atoms with Gasteiger partial charge in [-0.15, -0.1) is 10.2 Å². The largest absolute Gasteiger partial charge is 0.324 e. The molecule has 1 atom stereocenters. The number of benzene rings is 2. The first-order valence-electron chi connectivity index (χ1n) is 7.53. The molecule has 26 heavy (non-hydrogen) atoms. The molecule has 3 aromatic rings. The monoisotopic (exact) mass is 410 g/mol. The van der Waals surface area contributed by atoms with E-state index in [1.165, 1.54) is 17.0 Å². The molecule has 1 unspecified atom stereocenters. The Morgan fingerprint density at radius 1 is 1.27 bits per heavy atom. The van der Waals surface area contributed by atoms with Crippen LogP contribution in [-0.4, -0.2) is 25.9 Å². The van der Waals surface area contributed by atoms with Crippen LogP contribution in [0.5, 0.6) is 0 Å². The molecule has 1 amide bonds. The second kappa shape index (κ2) is 8.07. The maximum atomic E-state index is 14.0. The summed E-state index contributed by atoms with van der Waals surface area (Å²) in [4.78, 5) is 12.5. The first-order chi connectivity index (χ1) is 12.5. The van der Waals surface area contributed by atoms with E-state index in [-0.39, 0.29) is 5.91 Å². The maximum Gasteiger partial charge on any atom is 0.237 e. The SMILES string of the molecule is CC(Sc1nncn1-c1ccccc1F)C(=O)Nc1cc(Cl)ccc1Cl. The van der Waals surface area contributed by atoms with Crippen molar-refractivity contribution in [2.45, 2.75) is 17.3 Å². The van der Waals surface area contributed by atoms with Crippen LogP contribution >= 0.6 is 35.0 Å². The number of para-hydroxylation sites is 1. The van der Waals surface area contributed by atoms with Crippen LogP contribution in [0.4, 0.5) is 10.1 Å². The summed E-state index contributed by atoms with van der Waals surface area (Å²) in [6.45, 7) is 1.71. The average molecular weight is 411 g/mol. The van der Waals surface area contributed by atoms with Gasteiger partial charge >= 0.3 is 0 Å². The lowest BCUT2D eigenvalue weighted by atomic mass is 10.3. The zero-order valence-corrected chi connectivity index (χ0v) is 15.8. The number of nitrogens with one attached hydrogen (secondary N) is 1. The van der Waals surface area contributed by atoms with Crippen LogP contribution in [0.2, 0.25) is 10.0 Å². The van der Waals surface area contributed by atoms with Gasteiger partial charge in [-0.1, -0.05) is 47.1 Å². The highest BCUT2D eigenvalue weighted by Crippen LogP contribution is 2.28. The van der Waals surface area contributed by atoms with Gasteiger partial charge in [-0.05, 0) is 37.3 Å². The van der Waals surface area contributed by atoms with Crippen LogP contribution < -0.4 is 5.32 Å². The number of carbonyl (C=O) groups is 1. The fourth-order valence-corrected chi connectivity index (χ4v) is 3.33. The normalized spacial score (nSPS) is 12.0. The van der Waals surface area contributed by atoms with Gasteiger partial charge in [0.2, 0.25) is 5.91 Å². The van der Waals surface area contributed by atoms with E-state index in [1.807, 2.05) is 0 Å². The van der Waals surface area contributed by atoms with Crippen molar-refractivity contribution < 1.29 is 9.18 Å². The van der Waals surface area contributed by atoms with Gasteiger partial charge in [0.1, 0.15) is 12.1 Å². The molecule has 0 saturated heterocycles. The molecule has 0 aliphatic rings. The van der Waals surface area contributed by atoms with Crippen molar-refractivity contribution in [3.63, 3.8) is 0 Å². The molecule has 3 rings (SSSR count). The zero-order chi connectivity index (χ0) is 18.7. The number of rotatable bonds is 5. The zero-order valence-electron chi connectivity index (χ0n) is 13.5. The molecule has 134 valence electrons. The average Bonchev–Trinajstić information content (AvgIpc) is 3.06. The molecule has 0 radical (unpaired) electrons. The predicted octanol–water partition coefficient (Wildman–Crippen LogP) is 4.83. The van der Waals surface area contributed by atoms with Crippen LogP contribution in [0.1, 0.15) is 6.92 Å². The highest BCUT2D eigenvalue weighted by molar-refractivity contribution is 8.00. The summed E-state index contributed by atoms with van der Waals surface area (Å²) in [5.41, 5.74) is 0.734. The van der Waals surface area contributed by atoms with E-state index in [0.717, 1.165) is 11.8 Å². The van der Waals surface area contributed by atoms with Crippen LogP contribution in [0.25, 0.3) is 5.69 Å². The molecule has 0 aliphatic heterocycles. The number of hydrogen-bond acceptors (Lipinski definition) is 4. The number of nitrogens with zero attached hydrogens (tertiary/aromatic N) is 3. The Bertz CT molecular complexity index is 950. The number of carbonyl (C=O) groups excluding carboxylic acids is 1. The molecule has 5 nitrogen and oxygen atoms in total. The second-order valence-corrected chi connectivity index (χ2v) is 7.46. The quantitative estimate of drug-likeness (QED) is 0.611. The highest BCUT2D eigenvalue weighted by atomic mass is 35.5. The van der Waals surface area contributed by atoms with E-state index >= 15 is 0 Å². The van der Waals surface area contributed by atoms with Crippen molar-refractivity contribution in [1.29, 1.82) is 0 Å². The molecule has 0 spiro atoms. The summed E-state index contributed by atoms with van der Waals surface area (Å²) in [6.07, 6.45) is 1.40. The third kappa shape index (κ3) is 4.17. The van der Waals surface area contributed by atoms with Crippen LogP contribution in [0.3, 0.4) is 0 Å². The Balaban J connectivity index is 1.76. The van der Waals surface area contributed by atoms with E-state index in [2.05, 4.69) is 15.5 Å². The van der Waals surface area contributed by atoms with Gasteiger partial charge in [0, 0.05) is 5.02 Å². The minimum Gasteiger partial charge on any atom is -0.324 e. The lowest BCUT2D eigenvalue weighted by Gasteiger charge is -2.13. The Kier molecular flexibility index (Phi) is 5.80. The maximum absolute atomic E-state index is 14.0. The number of anilines is 1. The number of amides is 1. The summed E-state index contributed by atoms with van der Waals surface area (Å²) in [6, 6.07) is 11.1. The van der Waals surface area contributed by atoms with E-state index < -0.39 is 11.1 Å². The molecule has 0 fully saturated rings. The minimum atomic E-state index is -0.528. The number of halogens is 3. The molecule has 0 aliphatic carbocycles. The van der Waals surface area contributed by atoms with Gasteiger partial charge in [0.25, 0.3) is 0 Å². The Hall–Kier alpha value is -2.09. The third-order valence-corrected chi connectivity index (χ3v) is 5.09. The third-order valence-electron chi connectivity index (χ3n) is 3.47. The molecule has 9 heteroatoms.